The van der Waals surface area contributed by atoms with Gasteiger partial charge >= 0.3 is 23.4 Å². The number of β-amino-alcohol motifs (C(OH)–C–C–N with tert-alkyl or cyclic N) is 2. The fourth-order valence-corrected chi connectivity index (χ4v) is 10.6. The van der Waals surface area contributed by atoms with Crippen LogP contribution < -0.4 is 40.5 Å². The van der Waals surface area contributed by atoms with Crippen LogP contribution in [-0.4, -0.2) is 218 Å². The predicted molar refractivity (Wildman–Crippen MR) is 282 cm³/mol. The van der Waals surface area contributed by atoms with Crippen LogP contribution in [0.5, 0.6) is 57.5 Å². The van der Waals surface area contributed by atoms with Gasteiger partial charge in [-0.3, -0.25) is 33.7 Å². The van der Waals surface area contributed by atoms with Gasteiger partial charge in [0, 0.05) is 13.0 Å². The minimum Gasteiger partial charge on any atom is -0.503 e. The smallest absolute Gasteiger partial charge is 0.317 e. The van der Waals surface area contributed by atoms with E-state index >= 15 is 0 Å². The maximum absolute atomic E-state index is 14.5. The topological polar surface area (TPSA) is 656 Å². The van der Waals surface area contributed by atoms with E-state index in [1.807, 2.05) is 0 Å². The van der Waals surface area contributed by atoms with Crippen molar-refractivity contribution in [2.75, 3.05) is 46.6 Å². The molecular formula is C50H48N10O30. The Morgan fingerprint density at radius 3 is 1.43 bits per heavy atom. The lowest BCUT2D eigenvalue weighted by molar-refractivity contribution is -0.517. The molecule has 90 heavy (non-hydrogen) atoms. The molecule has 40 heteroatoms. The summed E-state index contributed by atoms with van der Waals surface area (Å²) in [5.74, 6) is -57.5. The van der Waals surface area contributed by atoms with Crippen molar-refractivity contribution in [2.24, 2.45) is 11.5 Å². The number of phenolic OH excluding ortho intramolecular Hbond substituents is 8. The van der Waals surface area contributed by atoms with E-state index in [0.29, 0.717) is 15.8 Å². The summed E-state index contributed by atoms with van der Waals surface area (Å²) >= 11 is 0. The molecule has 2 aromatic heterocycles. The number of benzene rings is 4. The van der Waals surface area contributed by atoms with Gasteiger partial charge in [0.1, 0.15) is 45.6 Å². The highest BCUT2D eigenvalue weighted by atomic mass is 16.8. The van der Waals surface area contributed by atoms with Crippen LogP contribution in [0.1, 0.15) is 72.3 Å². The highest BCUT2D eigenvalue weighted by Crippen LogP contribution is 2.62. The maximum Gasteiger partial charge on any atom is 0.317 e. The third-order valence-electron chi connectivity index (χ3n) is 15.1. The summed E-state index contributed by atoms with van der Waals surface area (Å²) in [6, 6.07) is 8.43. The number of aliphatic hydroxyl groups is 13. The molecule has 40 nitrogen and oxygen atoms in total. The lowest BCUT2D eigenvalue weighted by Gasteiger charge is -2.56. The average molecular weight is 1270 g/mol. The molecule has 6 amide bonds. The standard InChI is InChI=1S/C50H48N10O30/c1-88-18-9-5-16(6-10-18)59-25-21(23(53-59)39(51)70)44(75,76)14-56(41(25)72)28-33(64)37(68)30(38(69)34(28)65)58-43(74)46(79,80)47(81,82)48(83,50(58,86)87)90-15-89-19-11-7-17(8-12-19)60-26-22(24(54-60)40(52)71)45(77,78)49(84,85)57(42(26)73)29-35(66)31(62)27(32(63)36(29)67)55-13-3-2-4-20(55)61/h5-12,62-69,75-87H,2-4,13-15H2,1H3,(H2,51,70)(H2,52,71). The zero-order chi connectivity index (χ0) is 66.6. The van der Waals surface area contributed by atoms with Crippen LogP contribution in [0.15, 0.2) is 48.5 Å². The second kappa shape index (κ2) is 20.3. The van der Waals surface area contributed by atoms with E-state index < -0.39 is 213 Å². The molecule has 25 N–H and O–H groups in total. The van der Waals surface area contributed by atoms with Gasteiger partial charge in [0.05, 0.1) is 36.2 Å². The first-order valence-electron chi connectivity index (χ1n) is 25.3. The molecular weight excluding hydrogens is 1220 g/mol. The van der Waals surface area contributed by atoms with Gasteiger partial charge in [0.2, 0.25) is 11.7 Å². The van der Waals surface area contributed by atoms with Crippen LogP contribution in [0, 0.1) is 0 Å². The van der Waals surface area contributed by atoms with Crippen molar-refractivity contribution in [3.05, 3.63) is 82.4 Å². The molecule has 4 aliphatic heterocycles. The first-order chi connectivity index (χ1) is 41.7. The number of rotatable bonds is 13. The van der Waals surface area contributed by atoms with Crippen LogP contribution in [0.4, 0.5) is 22.7 Å². The van der Waals surface area contributed by atoms with Crippen molar-refractivity contribution in [1.82, 2.24) is 19.6 Å². The Hall–Kier alpha value is -10.4. The Kier molecular flexibility index (Phi) is 14.1. The van der Waals surface area contributed by atoms with E-state index in [1.165, 1.54) is 31.4 Å². The molecule has 478 valence electrons. The molecule has 1 unspecified atom stereocenters. The molecule has 0 radical (unpaired) electrons. The monoisotopic (exact) mass is 1270 g/mol. The van der Waals surface area contributed by atoms with E-state index in [4.69, 9.17) is 25.7 Å². The number of hydrogen-bond acceptors (Lipinski definition) is 32. The summed E-state index contributed by atoms with van der Waals surface area (Å²) in [7, 11) is 1.29. The molecule has 10 rings (SSSR count). The molecule has 0 bridgehead atoms. The number of ether oxygens (including phenoxy) is 3. The maximum atomic E-state index is 14.5. The average Bonchev–Trinajstić information content (AvgIpc) is 0.751. The summed E-state index contributed by atoms with van der Waals surface area (Å²) < 4.78 is 16.2. The fraction of sp³-hybridized carbons (Fsp3) is 0.280. The molecule has 6 heterocycles. The van der Waals surface area contributed by atoms with Gasteiger partial charge in [-0.1, -0.05) is 0 Å². The number of carbonyl (C=O) groups excluding carboxylic acids is 6. The molecule has 2 fully saturated rings. The number of phenols is 8. The molecule has 4 aromatic carbocycles. The van der Waals surface area contributed by atoms with Gasteiger partial charge in [-0.25, -0.2) is 19.2 Å². The number of nitrogens with zero attached hydrogens (tertiary/aromatic N) is 8. The number of anilines is 4. The van der Waals surface area contributed by atoms with Crippen molar-refractivity contribution < 1.29 is 150 Å². The van der Waals surface area contributed by atoms with Gasteiger partial charge in [-0.15, -0.1) is 0 Å². The van der Waals surface area contributed by atoms with Crippen LogP contribution in [-0.2, 0) is 25.9 Å². The molecule has 4 aliphatic rings. The van der Waals surface area contributed by atoms with Crippen molar-refractivity contribution >= 4 is 58.2 Å². The second-order valence-electron chi connectivity index (χ2n) is 20.4. The molecule has 0 spiro atoms. The number of hydrogen-bond donors (Lipinski definition) is 23. The number of piperidine rings is 2. The number of aromatic nitrogens is 4. The Labute approximate surface area is 496 Å². The molecule has 0 saturated carbocycles. The number of nitrogens with two attached hydrogens (primary N) is 2. The summed E-state index contributed by atoms with van der Waals surface area (Å²) in [6.45, 7) is -3.56. The Balaban J connectivity index is 0.967. The van der Waals surface area contributed by atoms with E-state index in [1.54, 1.807) is 0 Å². The Morgan fingerprint density at radius 2 is 0.967 bits per heavy atom. The van der Waals surface area contributed by atoms with E-state index in [9.17, 15) is 136 Å². The minimum absolute atomic E-state index is 0.0325. The summed E-state index contributed by atoms with van der Waals surface area (Å²) in [5.41, 5.74) is -2.75. The van der Waals surface area contributed by atoms with Gasteiger partial charge in [-0.2, -0.15) is 10.2 Å². The van der Waals surface area contributed by atoms with Crippen LogP contribution >= 0.6 is 0 Å². The largest absolute Gasteiger partial charge is 0.503 e. The first kappa shape index (κ1) is 62.6. The van der Waals surface area contributed by atoms with Crippen molar-refractivity contribution in [3.8, 4) is 68.9 Å². The predicted octanol–water partition coefficient (Wildman–Crippen LogP) is -7.25. The van der Waals surface area contributed by atoms with Crippen LogP contribution in [0.2, 0.25) is 0 Å². The lowest BCUT2D eigenvalue weighted by atomic mass is 9.85. The molecule has 6 aromatic rings. The van der Waals surface area contributed by atoms with Gasteiger partial charge in [0.15, 0.2) is 64.2 Å². The van der Waals surface area contributed by atoms with Gasteiger partial charge < -0.3 is 138 Å². The summed E-state index contributed by atoms with van der Waals surface area (Å²) in [6.07, 6.45) is 0.513. The summed E-state index contributed by atoms with van der Waals surface area (Å²) in [4.78, 5) is 79.7. The number of amides is 6. The van der Waals surface area contributed by atoms with Gasteiger partial charge in [-0.05, 0) is 61.4 Å². The molecule has 0 aliphatic carbocycles. The third-order valence-corrected chi connectivity index (χ3v) is 15.1. The van der Waals surface area contributed by atoms with Gasteiger partial charge in [0.25, 0.3) is 41.1 Å². The van der Waals surface area contributed by atoms with Crippen LogP contribution in [0.3, 0.4) is 0 Å². The Bertz CT molecular complexity index is 4040. The zero-order valence-electron chi connectivity index (χ0n) is 45.2. The lowest BCUT2D eigenvalue weighted by Crippen LogP contribution is -2.89. The quantitative estimate of drug-likeness (QED) is 0.0290. The minimum atomic E-state index is -5.12. The third kappa shape index (κ3) is 8.41. The van der Waals surface area contributed by atoms with E-state index in [0.717, 1.165) is 29.2 Å². The number of aromatic hydroxyl groups is 8. The van der Waals surface area contributed by atoms with E-state index in [2.05, 4.69) is 10.2 Å². The number of methoxy groups -OCH3 is 1. The SMILES string of the molecule is COc1ccc(-n2nc(C(N)=O)c3c2C(=O)N(c2c(O)c(O)c(N4C(=O)C(O)(O)C(O)(O)C(O)(OCOc5ccc(-n6nc(C(N)=O)c7c6C(=O)N(c6c(O)c(O)c(N8CCCCC8=O)c(O)c6O)C(O)(O)C7(O)O)cc5)C4(O)O)c(O)c2O)CC3(O)O)cc1. The van der Waals surface area contributed by atoms with Crippen molar-refractivity contribution in [1.29, 1.82) is 0 Å². The number of carbonyl (C=O) groups is 6. The Morgan fingerprint density at radius 1 is 0.533 bits per heavy atom. The zero-order valence-corrected chi connectivity index (χ0v) is 45.2. The van der Waals surface area contributed by atoms with Crippen molar-refractivity contribution in [3.63, 3.8) is 0 Å². The van der Waals surface area contributed by atoms with Crippen LogP contribution in [0.25, 0.3) is 11.4 Å². The summed E-state index contributed by atoms with van der Waals surface area (Å²) in [5, 5.41) is 245. The molecule has 2 saturated heterocycles. The second-order valence-corrected chi connectivity index (χ2v) is 20.4. The number of primary amides is 2. The highest BCUT2D eigenvalue weighted by Gasteiger charge is 2.83. The molecule has 1 atom stereocenters. The van der Waals surface area contributed by atoms with Crippen molar-refractivity contribution in [2.45, 2.75) is 60.0 Å². The fourth-order valence-electron chi connectivity index (χ4n) is 10.6. The van der Waals surface area contributed by atoms with E-state index in [-0.39, 0.29) is 35.7 Å². The number of fused-ring (bicyclic) bond motifs is 2. The normalized spacial score (nSPS) is 20.4. The first-order valence-corrected chi connectivity index (χ1v) is 25.3. The highest BCUT2D eigenvalue weighted by molar-refractivity contribution is 6.15.